The van der Waals surface area contributed by atoms with Gasteiger partial charge < -0.3 is 10.2 Å². The number of carbonyl (C=O) groups excluding carboxylic acids is 2. The summed E-state index contributed by atoms with van der Waals surface area (Å²) in [6.07, 6.45) is 2.52. The Morgan fingerprint density at radius 1 is 1.40 bits per heavy atom. The van der Waals surface area contributed by atoms with Crippen molar-refractivity contribution < 1.29 is 9.59 Å². The number of piperidine rings is 1. The summed E-state index contributed by atoms with van der Waals surface area (Å²) in [5.74, 6) is -0.362. The van der Waals surface area contributed by atoms with Gasteiger partial charge in [-0.05, 0) is 26.2 Å². The summed E-state index contributed by atoms with van der Waals surface area (Å²) in [7, 11) is 3.27. The number of halogens is 1. The highest BCUT2D eigenvalue weighted by Crippen LogP contribution is 2.25. The second kappa shape index (κ2) is 5.83. The van der Waals surface area contributed by atoms with Crippen LogP contribution in [0.3, 0.4) is 0 Å². The van der Waals surface area contributed by atoms with E-state index in [1.165, 1.54) is 4.68 Å². The van der Waals surface area contributed by atoms with E-state index in [2.05, 4.69) is 10.4 Å². The lowest BCUT2D eigenvalue weighted by molar-refractivity contribution is -0.126. The smallest absolute Gasteiger partial charge is 0.274 e. The summed E-state index contributed by atoms with van der Waals surface area (Å²) in [4.78, 5) is 26.2. The topological polar surface area (TPSA) is 67.2 Å². The monoisotopic (exact) mass is 298 g/mol. The molecular formula is C13H19ClN4O2. The first-order valence-electron chi connectivity index (χ1n) is 6.69. The molecule has 0 unspecified atom stereocenters. The van der Waals surface area contributed by atoms with E-state index < -0.39 is 6.04 Å². The third-order valence-electron chi connectivity index (χ3n) is 3.66. The molecule has 2 rings (SSSR count). The number of amides is 2. The fourth-order valence-corrected chi connectivity index (χ4v) is 2.86. The third-order valence-corrected chi connectivity index (χ3v) is 4.12. The third kappa shape index (κ3) is 2.52. The van der Waals surface area contributed by atoms with Crippen LogP contribution in [0.1, 0.15) is 35.4 Å². The molecule has 0 aromatic carbocycles. The van der Waals surface area contributed by atoms with Crippen molar-refractivity contribution in [1.82, 2.24) is 20.0 Å². The van der Waals surface area contributed by atoms with Crippen molar-refractivity contribution >= 4 is 23.4 Å². The van der Waals surface area contributed by atoms with Gasteiger partial charge in [0.15, 0.2) is 0 Å². The molecule has 1 saturated heterocycles. The van der Waals surface area contributed by atoms with Gasteiger partial charge in [0.05, 0.1) is 10.7 Å². The molecule has 1 N–H and O–H groups in total. The first kappa shape index (κ1) is 14.8. The van der Waals surface area contributed by atoms with Crippen molar-refractivity contribution in [2.45, 2.75) is 32.2 Å². The minimum atomic E-state index is -0.424. The Hall–Kier alpha value is -1.56. The molecule has 7 heteroatoms. The van der Waals surface area contributed by atoms with E-state index in [-0.39, 0.29) is 11.8 Å². The van der Waals surface area contributed by atoms with E-state index >= 15 is 0 Å². The fourth-order valence-electron chi connectivity index (χ4n) is 2.61. The molecule has 110 valence electrons. The van der Waals surface area contributed by atoms with Crippen molar-refractivity contribution in [3.63, 3.8) is 0 Å². The number of aromatic nitrogens is 2. The normalized spacial score (nSPS) is 19.0. The Balaban J connectivity index is 2.32. The van der Waals surface area contributed by atoms with Gasteiger partial charge in [0, 0.05) is 20.6 Å². The van der Waals surface area contributed by atoms with E-state index in [4.69, 9.17) is 11.6 Å². The van der Waals surface area contributed by atoms with E-state index in [9.17, 15) is 9.59 Å². The van der Waals surface area contributed by atoms with Crippen LogP contribution in [0.4, 0.5) is 0 Å². The number of carbonyl (C=O) groups is 2. The Bertz CT molecular complexity index is 541. The molecule has 0 spiro atoms. The summed E-state index contributed by atoms with van der Waals surface area (Å²) in [5, 5.41) is 7.13. The molecule has 0 saturated carbocycles. The lowest BCUT2D eigenvalue weighted by Gasteiger charge is -2.34. The number of nitrogens with one attached hydrogen (secondary N) is 1. The highest BCUT2D eigenvalue weighted by Gasteiger charge is 2.34. The summed E-state index contributed by atoms with van der Waals surface area (Å²) < 4.78 is 1.48. The molecule has 0 aliphatic carbocycles. The average Bonchev–Trinajstić information content (AvgIpc) is 2.70. The summed E-state index contributed by atoms with van der Waals surface area (Å²) in [6, 6.07) is -0.424. The van der Waals surface area contributed by atoms with Gasteiger partial charge in [-0.25, -0.2) is 0 Å². The van der Waals surface area contributed by atoms with Gasteiger partial charge in [0.25, 0.3) is 5.91 Å². The van der Waals surface area contributed by atoms with Crippen molar-refractivity contribution in [2.24, 2.45) is 7.05 Å². The lowest BCUT2D eigenvalue weighted by Crippen LogP contribution is -2.51. The van der Waals surface area contributed by atoms with Crippen molar-refractivity contribution in [1.29, 1.82) is 0 Å². The number of likely N-dealkylation sites (N-methyl/N-ethyl adjacent to an activating group) is 1. The zero-order valence-electron chi connectivity index (χ0n) is 11.9. The van der Waals surface area contributed by atoms with Crippen molar-refractivity contribution in [2.75, 3.05) is 13.6 Å². The van der Waals surface area contributed by atoms with Crippen LogP contribution in [-0.2, 0) is 11.8 Å². The number of rotatable bonds is 2. The van der Waals surface area contributed by atoms with Crippen LogP contribution in [0, 0.1) is 6.92 Å². The van der Waals surface area contributed by atoms with Crippen LogP contribution in [0.15, 0.2) is 0 Å². The number of hydrogen-bond donors (Lipinski definition) is 1. The van der Waals surface area contributed by atoms with Crippen LogP contribution in [0.5, 0.6) is 0 Å². The fraction of sp³-hybridized carbons (Fsp3) is 0.615. The second-order valence-electron chi connectivity index (χ2n) is 5.00. The predicted octanol–water partition coefficient (Wildman–Crippen LogP) is 1.12. The van der Waals surface area contributed by atoms with Gasteiger partial charge in [0.2, 0.25) is 5.91 Å². The number of nitrogens with zero attached hydrogens (tertiary/aromatic N) is 3. The molecule has 0 radical (unpaired) electrons. The van der Waals surface area contributed by atoms with E-state index in [1.807, 2.05) is 0 Å². The molecule has 1 aliphatic rings. The van der Waals surface area contributed by atoms with Crippen LogP contribution < -0.4 is 5.32 Å². The van der Waals surface area contributed by atoms with Crippen molar-refractivity contribution in [3.05, 3.63) is 16.4 Å². The minimum Gasteiger partial charge on any atom is -0.357 e. The highest BCUT2D eigenvalue weighted by atomic mass is 35.5. The predicted molar refractivity (Wildman–Crippen MR) is 75.7 cm³/mol. The number of likely N-dealkylation sites (tertiary alicyclic amines) is 1. The van der Waals surface area contributed by atoms with Gasteiger partial charge in [-0.15, -0.1) is 0 Å². The molecule has 6 nitrogen and oxygen atoms in total. The summed E-state index contributed by atoms with van der Waals surface area (Å²) in [6.45, 7) is 2.32. The quantitative estimate of drug-likeness (QED) is 0.890. The average molecular weight is 299 g/mol. The minimum absolute atomic E-state index is 0.131. The SMILES string of the molecule is CNC(=O)[C@H]1CCCCN1C(=O)c1c(Cl)c(C)nn1C. The Morgan fingerprint density at radius 2 is 2.10 bits per heavy atom. The first-order valence-corrected chi connectivity index (χ1v) is 7.06. The van der Waals surface area contributed by atoms with Crippen molar-refractivity contribution in [3.8, 4) is 0 Å². The molecule has 1 atom stereocenters. The van der Waals surface area contributed by atoms with Crippen LogP contribution >= 0.6 is 11.6 Å². The molecule has 20 heavy (non-hydrogen) atoms. The van der Waals surface area contributed by atoms with Crippen LogP contribution in [0.2, 0.25) is 5.02 Å². The Morgan fingerprint density at radius 3 is 2.65 bits per heavy atom. The molecular weight excluding hydrogens is 280 g/mol. The van der Waals surface area contributed by atoms with Gasteiger partial charge in [-0.2, -0.15) is 5.10 Å². The maximum Gasteiger partial charge on any atom is 0.274 e. The van der Waals surface area contributed by atoms with E-state index in [0.29, 0.717) is 29.4 Å². The molecule has 0 bridgehead atoms. The molecule has 1 fully saturated rings. The lowest BCUT2D eigenvalue weighted by atomic mass is 10.0. The summed E-state index contributed by atoms with van der Waals surface area (Å²) >= 11 is 6.16. The van der Waals surface area contributed by atoms with Gasteiger partial charge in [-0.3, -0.25) is 14.3 Å². The van der Waals surface area contributed by atoms with E-state index in [0.717, 1.165) is 12.8 Å². The second-order valence-corrected chi connectivity index (χ2v) is 5.37. The first-order chi connectivity index (χ1) is 9.47. The molecule has 2 heterocycles. The summed E-state index contributed by atoms with van der Waals surface area (Å²) in [5.41, 5.74) is 0.964. The molecule has 1 aromatic heterocycles. The zero-order chi connectivity index (χ0) is 14.9. The zero-order valence-corrected chi connectivity index (χ0v) is 12.7. The van der Waals surface area contributed by atoms with Gasteiger partial charge in [-0.1, -0.05) is 11.6 Å². The van der Waals surface area contributed by atoms with Gasteiger partial charge in [0.1, 0.15) is 11.7 Å². The largest absolute Gasteiger partial charge is 0.357 e. The maximum absolute atomic E-state index is 12.7. The number of aryl methyl sites for hydroxylation is 2. The van der Waals surface area contributed by atoms with Gasteiger partial charge >= 0.3 is 0 Å². The molecule has 2 amide bonds. The standard InChI is InChI=1S/C13H19ClN4O2/c1-8-10(14)11(17(3)16-8)13(20)18-7-5-4-6-9(18)12(19)15-2/h9H,4-7H2,1-3H3,(H,15,19)/t9-/m1/s1. The van der Waals surface area contributed by atoms with Crippen LogP contribution in [0.25, 0.3) is 0 Å². The van der Waals surface area contributed by atoms with E-state index in [1.54, 1.807) is 25.9 Å². The maximum atomic E-state index is 12.7. The Labute approximate surface area is 123 Å². The number of hydrogen-bond acceptors (Lipinski definition) is 3. The Kier molecular flexibility index (Phi) is 4.32. The highest BCUT2D eigenvalue weighted by molar-refractivity contribution is 6.34. The van der Waals surface area contributed by atoms with Crippen LogP contribution in [-0.4, -0.2) is 46.1 Å². The molecule has 1 aromatic rings. The molecule has 1 aliphatic heterocycles.